The zero-order valence-corrected chi connectivity index (χ0v) is 13.4. The molecule has 3 heteroatoms. The second-order valence-electron chi connectivity index (χ2n) is 6.50. The zero-order chi connectivity index (χ0) is 14.8. The van der Waals surface area contributed by atoms with Crippen LogP contribution in [0.5, 0.6) is 0 Å². The summed E-state index contributed by atoms with van der Waals surface area (Å²) in [5, 5.41) is 3.67. The summed E-state index contributed by atoms with van der Waals surface area (Å²) in [5.74, 6) is 0. The number of hydrogen-bond acceptors (Lipinski definition) is 3. The van der Waals surface area contributed by atoms with Crippen LogP contribution in [0.4, 0.5) is 5.69 Å². The van der Waals surface area contributed by atoms with Gasteiger partial charge in [-0.05, 0) is 31.0 Å². The van der Waals surface area contributed by atoms with E-state index in [1.807, 2.05) is 0 Å². The van der Waals surface area contributed by atoms with Crippen molar-refractivity contribution in [3.63, 3.8) is 0 Å². The van der Waals surface area contributed by atoms with Crippen LogP contribution in [-0.2, 0) is 11.3 Å². The average molecular weight is 276 g/mol. The minimum Gasteiger partial charge on any atom is -0.378 e. The highest BCUT2D eigenvalue weighted by Crippen LogP contribution is 2.42. The van der Waals surface area contributed by atoms with Crippen molar-refractivity contribution in [3.05, 3.63) is 29.8 Å². The van der Waals surface area contributed by atoms with E-state index in [9.17, 15) is 0 Å². The standard InChI is InChI=1S/C17H28N2O/c1-6-20-16-11-15(17(16,2)3)18-12-13-7-9-14(10-8-13)19(4)5/h7-10,15-16,18H,6,11-12H2,1-5H3. The summed E-state index contributed by atoms with van der Waals surface area (Å²) in [6, 6.07) is 9.30. The molecule has 1 aliphatic carbocycles. The molecule has 3 nitrogen and oxygen atoms in total. The van der Waals surface area contributed by atoms with Gasteiger partial charge in [0.2, 0.25) is 0 Å². The Kier molecular flexibility index (Phi) is 4.71. The van der Waals surface area contributed by atoms with Gasteiger partial charge in [0.05, 0.1) is 6.10 Å². The molecule has 1 aromatic rings. The summed E-state index contributed by atoms with van der Waals surface area (Å²) in [5.41, 5.74) is 2.82. The highest BCUT2D eigenvalue weighted by atomic mass is 16.5. The lowest BCUT2D eigenvalue weighted by Gasteiger charge is -2.52. The van der Waals surface area contributed by atoms with Gasteiger partial charge >= 0.3 is 0 Å². The smallest absolute Gasteiger partial charge is 0.0655 e. The highest BCUT2D eigenvalue weighted by molar-refractivity contribution is 5.45. The number of hydrogen-bond donors (Lipinski definition) is 1. The number of ether oxygens (including phenoxy) is 1. The molecule has 0 radical (unpaired) electrons. The van der Waals surface area contributed by atoms with Gasteiger partial charge in [0.25, 0.3) is 0 Å². The van der Waals surface area contributed by atoms with Crippen LogP contribution in [0.1, 0.15) is 32.8 Å². The van der Waals surface area contributed by atoms with E-state index in [1.165, 1.54) is 11.3 Å². The third-order valence-corrected chi connectivity index (χ3v) is 4.55. The maximum atomic E-state index is 5.77. The Morgan fingerprint density at radius 1 is 1.25 bits per heavy atom. The van der Waals surface area contributed by atoms with Crippen molar-refractivity contribution in [1.82, 2.24) is 5.32 Å². The fraction of sp³-hybridized carbons (Fsp3) is 0.647. The first-order valence-corrected chi connectivity index (χ1v) is 7.56. The molecule has 0 bridgehead atoms. The lowest BCUT2D eigenvalue weighted by Crippen LogP contribution is -2.60. The van der Waals surface area contributed by atoms with Gasteiger partial charge in [-0.25, -0.2) is 0 Å². The second kappa shape index (κ2) is 6.15. The van der Waals surface area contributed by atoms with Gasteiger partial charge in [0.1, 0.15) is 0 Å². The van der Waals surface area contributed by atoms with Crippen molar-refractivity contribution < 1.29 is 4.74 Å². The van der Waals surface area contributed by atoms with Crippen LogP contribution in [0, 0.1) is 5.41 Å². The van der Waals surface area contributed by atoms with Gasteiger partial charge in [0.15, 0.2) is 0 Å². The molecule has 0 aliphatic heterocycles. The van der Waals surface area contributed by atoms with E-state index < -0.39 is 0 Å². The average Bonchev–Trinajstić information content (AvgIpc) is 2.42. The van der Waals surface area contributed by atoms with Crippen LogP contribution in [0.2, 0.25) is 0 Å². The van der Waals surface area contributed by atoms with E-state index in [0.29, 0.717) is 12.1 Å². The summed E-state index contributed by atoms with van der Waals surface area (Å²) >= 11 is 0. The Morgan fingerprint density at radius 3 is 2.40 bits per heavy atom. The normalized spacial score (nSPS) is 24.2. The summed E-state index contributed by atoms with van der Waals surface area (Å²) in [7, 11) is 4.13. The maximum absolute atomic E-state index is 5.77. The number of benzene rings is 1. The SMILES string of the molecule is CCOC1CC(NCc2ccc(N(C)C)cc2)C1(C)C. The van der Waals surface area contributed by atoms with Gasteiger partial charge in [0, 0.05) is 44.4 Å². The summed E-state index contributed by atoms with van der Waals surface area (Å²) < 4.78 is 5.77. The van der Waals surface area contributed by atoms with Crippen molar-refractivity contribution >= 4 is 5.69 Å². The van der Waals surface area contributed by atoms with Crippen molar-refractivity contribution in [2.45, 2.75) is 45.9 Å². The van der Waals surface area contributed by atoms with Gasteiger partial charge in [-0.1, -0.05) is 26.0 Å². The lowest BCUT2D eigenvalue weighted by molar-refractivity contribution is -0.114. The summed E-state index contributed by atoms with van der Waals surface area (Å²) in [6.45, 7) is 8.41. The molecule has 1 aliphatic rings. The molecule has 0 amide bonds. The molecule has 112 valence electrons. The molecule has 2 atom stereocenters. The lowest BCUT2D eigenvalue weighted by atomic mass is 9.64. The van der Waals surface area contributed by atoms with E-state index >= 15 is 0 Å². The Bertz CT molecular complexity index is 425. The number of nitrogens with zero attached hydrogens (tertiary/aromatic N) is 1. The molecular formula is C17H28N2O. The molecule has 20 heavy (non-hydrogen) atoms. The highest BCUT2D eigenvalue weighted by Gasteiger charge is 2.48. The summed E-state index contributed by atoms with van der Waals surface area (Å²) in [6.07, 6.45) is 1.53. The van der Waals surface area contributed by atoms with E-state index in [0.717, 1.165) is 19.6 Å². The minimum atomic E-state index is 0.236. The first kappa shape index (κ1) is 15.3. The third kappa shape index (κ3) is 3.15. The number of rotatable bonds is 6. The largest absolute Gasteiger partial charge is 0.378 e. The first-order chi connectivity index (χ1) is 9.45. The maximum Gasteiger partial charge on any atom is 0.0655 e. The molecule has 1 N–H and O–H groups in total. The van der Waals surface area contributed by atoms with E-state index in [2.05, 4.69) is 69.3 Å². The molecule has 0 heterocycles. The Hall–Kier alpha value is -1.06. The van der Waals surface area contributed by atoms with Crippen molar-refractivity contribution in [3.8, 4) is 0 Å². The predicted molar refractivity (Wildman–Crippen MR) is 85.2 cm³/mol. The molecule has 2 rings (SSSR count). The molecule has 1 saturated carbocycles. The molecule has 1 fully saturated rings. The predicted octanol–water partition coefficient (Wildman–Crippen LogP) is 3.05. The Balaban J connectivity index is 1.84. The summed E-state index contributed by atoms with van der Waals surface area (Å²) in [4.78, 5) is 2.12. The zero-order valence-electron chi connectivity index (χ0n) is 13.4. The van der Waals surface area contributed by atoms with Crippen LogP contribution in [0.25, 0.3) is 0 Å². The van der Waals surface area contributed by atoms with Crippen LogP contribution in [-0.4, -0.2) is 32.8 Å². The fourth-order valence-electron chi connectivity index (χ4n) is 2.87. The molecule has 0 aromatic heterocycles. The minimum absolute atomic E-state index is 0.236. The van der Waals surface area contributed by atoms with E-state index in [-0.39, 0.29) is 5.41 Å². The second-order valence-corrected chi connectivity index (χ2v) is 6.50. The first-order valence-electron chi connectivity index (χ1n) is 7.56. The number of nitrogens with one attached hydrogen (secondary N) is 1. The Labute approximate surface area is 123 Å². The van der Waals surface area contributed by atoms with Gasteiger partial charge in [-0.15, -0.1) is 0 Å². The van der Waals surface area contributed by atoms with Crippen LogP contribution in [0.15, 0.2) is 24.3 Å². The molecule has 2 unspecified atom stereocenters. The monoisotopic (exact) mass is 276 g/mol. The Morgan fingerprint density at radius 2 is 1.90 bits per heavy atom. The van der Waals surface area contributed by atoms with E-state index in [4.69, 9.17) is 4.74 Å². The topological polar surface area (TPSA) is 24.5 Å². The van der Waals surface area contributed by atoms with Crippen molar-refractivity contribution in [2.24, 2.45) is 5.41 Å². The molecule has 1 aromatic carbocycles. The number of anilines is 1. The molecular weight excluding hydrogens is 248 g/mol. The van der Waals surface area contributed by atoms with Crippen molar-refractivity contribution in [1.29, 1.82) is 0 Å². The van der Waals surface area contributed by atoms with Crippen LogP contribution < -0.4 is 10.2 Å². The quantitative estimate of drug-likeness (QED) is 0.864. The fourth-order valence-corrected chi connectivity index (χ4v) is 2.87. The van der Waals surface area contributed by atoms with Gasteiger partial charge < -0.3 is 15.0 Å². The van der Waals surface area contributed by atoms with Crippen LogP contribution in [0.3, 0.4) is 0 Å². The van der Waals surface area contributed by atoms with Gasteiger partial charge in [-0.3, -0.25) is 0 Å². The van der Waals surface area contributed by atoms with Crippen LogP contribution >= 0.6 is 0 Å². The molecule has 0 spiro atoms. The molecule has 0 saturated heterocycles. The third-order valence-electron chi connectivity index (χ3n) is 4.55. The van der Waals surface area contributed by atoms with E-state index in [1.54, 1.807) is 0 Å². The van der Waals surface area contributed by atoms with Gasteiger partial charge in [-0.2, -0.15) is 0 Å². The van der Waals surface area contributed by atoms with Crippen molar-refractivity contribution in [2.75, 3.05) is 25.6 Å².